The number of anilines is 12. The van der Waals surface area contributed by atoms with Crippen molar-refractivity contribution in [2.24, 2.45) is 0 Å². The van der Waals surface area contributed by atoms with Gasteiger partial charge in [-0.3, -0.25) is 0 Å². The Labute approximate surface area is 820 Å². The highest BCUT2D eigenvalue weighted by atomic mass is 15.2. The van der Waals surface area contributed by atoms with Gasteiger partial charge < -0.3 is 19.6 Å². The maximum Gasteiger partial charge on any atom is 0.0462 e. The topological polar surface area (TPSA) is 13.0 Å². The quantitative estimate of drug-likeness (QED) is 0.0754. The van der Waals surface area contributed by atoms with Crippen LogP contribution in [-0.2, 0) is 0 Å². The first-order valence-corrected chi connectivity index (χ1v) is 47.8. The van der Waals surface area contributed by atoms with Crippen molar-refractivity contribution >= 4 is 111 Å². The summed E-state index contributed by atoms with van der Waals surface area (Å²) in [7, 11) is 0. The number of hydrogen-bond donors (Lipinski definition) is 0. The molecule has 0 fully saturated rings. The van der Waals surface area contributed by atoms with Gasteiger partial charge in [0.1, 0.15) is 0 Å². The molecule has 0 spiro atoms. The second-order valence-electron chi connectivity index (χ2n) is 34.6. The van der Waals surface area contributed by atoms with Crippen molar-refractivity contribution in [2.75, 3.05) is 19.6 Å². The lowest BCUT2D eigenvalue weighted by Gasteiger charge is -2.26. The van der Waals surface area contributed by atoms with Gasteiger partial charge in [-0.25, -0.2) is 0 Å². The minimum atomic E-state index is 1.12. The van der Waals surface area contributed by atoms with Crippen LogP contribution in [0.25, 0.3) is 132 Å². The van der Waals surface area contributed by atoms with Crippen molar-refractivity contribution < 1.29 is 0 Å². The maximum absolute atomic E-state index is 2.31. The van der Waals surface area contributed by atoms with Gasteiger partial charge >= 0.3 is 0 Å². The molecule has 0 unspecified atom stereocenters. The zero-order valence-electron chi connectivity index (χ0n) is 77.5. The fourth-order valence-corrected chi connectivity index (χ4v) is 18.9. The molecule has 0 aliphatic rings. The Hall–Kier alpha value is -18.5. The summed E-state index contributed by atoms with van der Waals surface area (Å²) < 4.78 is 0. The minimum Gasteiger partial charge on any atom is -0.311 e. The Morgan fingerprint density at radius 3 is 0.386 bits per heavy atom. The fourth-order valence-electron chi connectivity index (χ4n) is 18.9. The average Bonchev–Trinajstić information content (AvgIpc) is 0.797. The number of fused-ring (bicyclic) bond motifs is 4. The summed E-state index contributed by atoms with van der Waals surface area (Å²) in [6.07, 6.45) is 0. The molecule has 140 heavy (non-hydrogen) atoms. The summed E-state index contributed by atoms with van der Waals surface area (Å²) in [6, 6.07) is 215. The van der Waals surface area contributed by atoms with E-state index in [0.717, 1.165) is 68.2 Å². The lowest BCUT2D eigenvalue weighted by atomic mass is 9.96. The van der Waals surface area contributed by atoms with Crippen molar-refractivity contribution in [1.29, 1.82) is 0 Å². The standard InChI is InChI=1S/C40H29N.2C34H25N.C28H21N/c1-3-10-30(11-4-1)32-22-26-37(27-23-32)41(36-14-5-2-6-15-36)38-28-24-33(25-29-38)31-18-20-35(21-19-31)40-17-9-13-34-12-7-8-16-39(34)40;1-3-12-30(13-4-1)35(31-14-5-2-6-15-31)32-24-22-27(23-25-32)26-18-20-29(21-19-26)34-17-9-11-28-10-7-8-16-33(28)34;1-3-10-26(11-4-1)27-18-22-31(23-19-27)35(30-14-5-2-6-15-30)32-24-20-29(21-25-32)34-17-9-13-28-12-7-8-16-33(28)34;1-3-12-24(13-4-1)29(25-14-5-2-6-15-25)26-20-18-23(19-21-26)28-17-9-11-22-10-7-8-16-27(22)28/h1-29H;2*1-25H;1-21H. The Bertz CT molecular complexity index is 8070. The highest BCUT2D eigenvalue weighted by Gasteiger charge is 2.20. The lowest BCUT2D eigenvalue weighted by molar-refractivity contribution is 1.28. The van der Waals surface area contributed by atoms with Crippen LogP contribution in [0.5, 0.6) is 0 Å². The number of rotatable bonds is 20. The van der Waals surface area contributed by atoms with Gasteiger partial charge in [0.15, 0.2) is 0 Å². The minimum absolute atomic E-state index is 1.12. The van der Waals surface area contributed by atoms with Gasteiger partial charge in [-0.1, -0.05) is 461 Å². The van der Waals surface area contributed by atoms with Gasteiger partial charge in [-0.15, -0.1) is 0 Å². The summed E-state index contributed by atoms with van der Waals surface area (Å²) in [5, 5.41) is 10.2. The number of hydrogen-bond acceptors (Lipinski definition) is 4. The van der Waals surface area contributed by atoms with Crippen LogP contribution in [0.2, 0.25) is 0 Å². The molecule has 0 saturated heterocycles. The first-order chi connectivity index (χ1) is 69.5. The third-order valence-electron chi connectivity index (χ3n) is 25.9. The van der Waals surface area contributed by atoms with E-state index in [9.17, 15) is 0 Å². The average molecular weight is 1790 g/mol. The van der Waals surface area contributed by atoms with Crippen LogP contribution in [0.1, 0.15) is 0 Å². The Balaban J connectivity index is 0.000000112. The predicted molar refractivity (Wildman–Crippen MR) is 598 cm³/mol. The molecule has 664 valence electrons. The molecule has 0 N–H and O–H groups in total. The molecule has 0 amide bonds. The third-order valence-corrected chi connectivity index (χ3v) is 25.9. The van der Waals surface area contributed by atoms with E-state index in [4.69, 9.17) is 0 Å². The summed E-state index contributed by atoms with van der Waals surface area (Å²) in [5.74, 6) is 0. The van der Waals surface area contributed by atoms with Gasteiger partial charge in [0.2, 0.25) is 0 Å². The van der Waals surface area contributed by atoms with Crippen LogP contribution in [0.15, 0.2) is 607 Å². The third kappa shape index (κ3) is 20.0. The van der Waals surface area contributed by atoms with E-state index < -0.39 is 0 Å². The first-order valence-electron chi connectivity index (χ1n) is 47.8. The lowest BCUT2D eigenvalue weighted by Crippen LogP contribution is -2.09. The van der Waals surface area contributed by atoms with Crippen molar-refractivity contribution in [3.05, 3.63) is 607 Å². The molecule has 0 aromatic heterocycles. The van der Waals surface area contributed by atoms with E-state index in [1.54, 1.807) is 0 Å². The molecule has 24 aromatic rings. The van der Waals surface area contributed by atoms with Crippen LogP contribution in [-0.4, -0.2) is 0 Å². The summed E-state index contributed by atoms with van der Waals surface area (Å²) >= 11 is 0. The van der Waals surface area contributed by atoms with E-state index in [2.05, 4.69) is 626 Å². The molecule has 0 atom stereocenters. The smallest absolute Gasteiger partial charge is 0.0462 e. The number of nitrogens with zero attached hydrogens (tertiary/aromatic N) is 4. The molecule has 0 radical (unpaired) electrons. The molecule has 24 rings (SSSR count). The first kappa shape index (κ1) is 88.1. The van der Waals surface area contributed by atoms with E-state index in [1.807, 2.05) is 0 Å². The summed E-state index contributed by atoms with van der Waals surface area (Å²) in [6.45, 7) is 0. The van der Waals surface area contributed by atoms with Gasteiger partial charge in [-0.2, -0.15) is 0 Å². The van der Waals surface area contributed by atoms with Crippen molar-refractivity contribution in [3.8, 4) is 89.0 Å². The fraction of sp³-hybridized carbons (Fsp3) is 0. The summed E-state index contributed by atoms with van der Waals surface area (Å²) in [4.78, 5) is 9.18. The molecular formula is C136H100N4. The molecule has 0 saturated carbocycles. The van der Waals surface area contributed by atoms with Crippen LogP contribution in [0.4, 0.5) is 68.2 Å². The van der Waals surface area contributed by atoms with Gasteiger partial charge in [0, 0.05) is 68.2 Å². The van der Waals surface area contributed by atoms with Gasteiger partial charge in [-0.05, 0) is 278 Å². The van der Waals surface area contributed by atoms with E-state index >= 15 is 0 Å². The largest absolute Gasteiger partial charge is 0.311 e. The molecule has 0 aliphatic heterocycles. The molecule has 4 nitrogen and oxygen atoms in total. The van der Waals surface area contributed by atoms with Crippen LogP contribution in [0, 0.1) is 0 Å². The Morgan fingerprint density at radius 2 is 0.200 bits per heavy atom. The van der Waals surface area contributed by atoms with Crippen molar-refractivity contribution in [2.45, 2.75) is 0 Å². The van der Waals surface area contributed by atoms with Crippen LogP contribution >= 0.6 is 0 Å². The zero-order chi connectivity index (χ0) is 93.8. The molecule has 4 heteroatoms. The molecular weight excluding hydrogens is 1690 g/mol. The second kappa shape index (κ2) is 42.4. The van der Waals surface area contributed by atoms with E-state index in [1.165, 1.54) is 132 Å². The molecule has 0 aliphatic carbocycles. The van der Waals surface area contributed by atoms with Crippen LogP contribution in [0.3, 0.4) is 0 Å². The monoisotopic (exact) mass is 1790 g/mol. The Morgan fingerprint density at radius 1 is 0.0786 bits per heavy atom. The Kier molecular flexibility index (Phi) is 26.7. The van der Waals surface area contributed by atoms with E-state index in [0.29, 0.717) is 0 Å². The second-order valence-corrected chi connectivity index (χ2v) is 34.6. The molecule has 0 heterocycles. The summed E-state index contributed by atoms with van der Waals surface area (Å²) in [5.41, 5.74) is 33.3. The normalized spacial score (nSPS) is 10.9. The maximum atomic E-state index is 2.31. The highest BCUT2D eigenvalue weighted by molar-refractivity contribution is 6.01. The predicted octanol–water partition coefficient (Wildman–Crippen LogP) is 38.6. The number of benzene rings is 24. The van der Waals surface area contributed by atoms with E-state index in [-0.39, 0.29) is 0 Å². The van der Waals surface area contributed by atoms with Gasteiger partial charge in [0.25, 0.3) is 0 Å². The van der Waals surface area contributed by atoms with Crippen LogP contribution < -0.4 is 19.6 Å². The van der Waals surface area contributed by atoms with Crippen molar-refractivity contribution in [1.82, 2.24) is 0 Å². The highest BCUT2D eigenvalue weighted by Crippen LogP contribution is 2.44. The SMILES string of the molecule is c1ccc(-c2ccc(N(c3ccccc3)c3ccc(-c4ccc(-c5cccc6ccccc56)cc4)cc3)cc2)cc1.c1ccc(-c2ccc(N(c3ccccc3)c3ccc(-c4cccc5ccccc45)cc3)cc2)cc1.c1ccc(N(c2ccccc2)c2ccc(-c3ccc(-c4cccc5ccccc45)cc3)cc2)cc1.c1ccc(N(c2ccccc2)c2ccc(-c3cccc4ccccc34)cc2)cc1. The zero-order valence-corrected chi connectivity index (χ0v) is 77.5. The molecule has 0 bridgehead atoms. The molecule has 24 aromatic carbocycles. The van der Waals surface area contributed by atoms with Crippen molar-refractivity contribution in [3.63, 3.8) is 0 Å². The number of para-hydroxylation sites is 6. The van der Waals surface area contributed by atoms with Gasteiger partial charge in [0.05, 0.1) is 0 Å².